The van der Waals surface area contributed by atoms with Crippen LogP contribution in [0.3, 0.4) is 0 Å². The highest BCUT2D eigenvalue weighted by Gasteiger charge is 2.41. The first-order chi connectivity index (χ1) is 7.13. The molecule has 1 aromatic rings. The average molecular weight is 203 g/mol. The molecule has 0 radical (unpaired) electrons. The molecule has 3 atom stereocenters. The number of rotatable bonds is 1. The summed E-state index contributed by atoms with van der Waals surface area (Å²) in [5.74, 6) is 0.701. The first kappa shape index (κ1) is 10.2. The van der Waals surface area contributed by atoms with Gasteiger partial charge in [-0.1, -0.05) is 37.3 Å². The molecule has 1 amide bonds. The Labute approximate surface area is 90.9 Å². The summed E-state index contributed by atoms with van der Waals surface area (Å²) in [4.78, 5) is 13.7. The summed E-state index contributed by atoms with van der Waals surface area (Å²) in [5.41, 5.74) is 1.27. The largest absolute Gasteiger partial charge is 0.342 e. The number of likely N-dealkylation sites (tertiary alicyclic amines) is 1. The van der Waals surface area contributed by atoms with E-state index in [0.717, 1.165) is 0 Å². The third kappa shape index (κ3) is 1.54. The van der Waals surface area contributed by atoms with Gasteiger partial charge < -0.3 is 4.90 Å². The molecule has 80 valence electrons. The molecule has 1 aromatic carbocycles. The molecule has 0 N–H and O–H groups in total. The van der Waals surface area contributed by atoms with Crippen LogP contribution in [0.5, 0.6) is 0 Å². The van der Waals surface area contributed by atoms with Crippen LogP contribution in [0.15, 0.2) is 30.3 Å². The fraction of sp³-hybridized carbons (Fsp3) is 0.462. The molecule has 1 fully saturated rings. The number of amides is 1. The summed E-state index contributed by atoms with van der Waals surface area (Å²) in [6.07, 6.45) is 0. The summed E-state index contributed by atoms with van der Waals surface area (Å²) >= 11 is 0. The third-order valence-corrected chi connectivity index (χ3v) is 3.59. The Balaban J connectivity index is 2.35. The second-order valence-electron chi connectivity index (χ2n) is 4.41. The van der Waals surface area contributed by atoms with Gasteiger partial charge in [-0.2, -0.15) is 0 Å². The molecule has 1 saturated heterocycles. The number of benzene rings is 1. The Morgan fingerprint density at radius 3 is 2.20 bits per heavy atom. The summed E-state index contributed by atoms with van der Waals surface area (Å²) in [6, 6.07) is 10.6. The van der Waals surface area contributed by atoms with Gasteiger partial charge in [-0.15, -0.1) is 0 Å². The molecule has 3 unspecified atom stereocenters. The molecule has 0 spiro atoms. The molecular weight excluding hydrogens is 186 g/mol. The maximum atomic E-state index is 11.8. The molecule has 2 nitrogen and oxygen atoms in total. The van der Waals surface area contributed by atoms with E-state index in [1.54, 1.807) is 0 Å². The van der Waals surface area contributed by atoms with Crippen LogP contribution in [0.4, 0.5) is 0 Å². The SMILES string of the molecule is CC1C(=O)N(C)C(C)C1c1ccccc1. The lowest BCUT2D eigenvalue weighted by Gasteiger charge is -2.21. The molecule has 1 aliphatic rings. The minimum Gasteiger partial charge on any atom is -0.342 e. The maximum Gasteiger partial charge on any atom is 0.226 e. The van der Waals surface area contributed by atoms with Crippen molar-refractivity contribution in [2.24, 2.45) is 5.92 Å². The van der Waals surface area contributed by atoms with Crippen molar-refractivity contribution < 1.29 is 4.79 Å². The van der Waals surface area contributed by atoms with E-state index < -0.39 is 0 Å². The summed E-state index contributed by atoms with van der Waals surface area (Å²) < 4.78 is 0. The zero-order valence-electron chi connectivity index (χ0n) is 9.47. The summed E-state index contributed by atoms with van der Waals surface area (Å²) in [5, 5.41) is 0. The van der Waals surface area contributed by atoms with Crippen LogP contribution in [0.25, 0.3) is 0 Å². The van der Waals surface area contributed by atoms with E-state index in [-0.39, 0.29) is 11.8 Å². The van der Waals surface area contributed by atoms with Gasteiger partial charge in [0.15, 0.2) is 0 Å². The number of carbonyl (C=O) groups excluding carboxylic acids is 1. The fourth-order valence-corrected chi connectivity index (χ4v) is 2.58. The van der Waals surface area contributed by atoms with Crippen LogP contribution < -0.4 is 0 Å². The Kier molecular flexibility index (Phi) is 2.51. The smallest absolute Gasteiger partial charge is 0.226 e. The molecule has 0 bridgehead atoms. The molecule has 0 aromatic heterocycles. The first-order valence-electron chi connectivity index (χ1n) is 5.44. The predicted molar refractivity (Wildman–Crippen MR) is 60.6 cm³/mol. The minimum atomic E-state index is 0.104. The predicted octanol–water partition coefficient (Wildman–Crippen LogP) is 2.27. The Hall–Kier alpha value is -1.31. The van der Waals surface area contributed by atoms with Crippen LogP contribution >= 0.6 is 0 Å². The van der Waals surface area contributed by atoms with Gasteiger partial charge in [-0.3, -0.25) is 4.79 Å². The quantitative estimate of drug-likeness (QED) is 0.685. The van der Waals surface area contributed by atoms with E-state index in [1.165, 1.54) is 5.56 Å². The summed E-state index contributed by atoms with van der Waals surface area (Å²) in [7, 11) is 1.90. The van der Waals surface area contributed by atoms with Gasteiger partial charge in [0.05, 0.1) is 0 Å². The number of likely N-dealkylation sites (N-methyl/N-ethyl adjacent to an activating group) is 1. The highest BCUT2D eigenvalue weighted by molar-refractivity contribution is 5.82. The minimum absolute atomic E-state index is 0.104. The molecule has 15 heavy (non-hydrogen) atoms. The number of hydrogen-bond donors (Lipinski definition) is 0. The van der Waals surface area contributed by atoms with Gasteiger partial charge in [0.25, 0.3) is 0 Å². The van der Waals surface area contributed by atoms with Gasteiger partial charge >= 0.3 is 0 Å². The molecular formula is C13H17NO. The first-order valence-corrected chi connectivity index (χ1v) is 5.44. The standard InChI is InChI=1S/C13H17NO/c1-9-12(10(2)14(3)13(9)15)11-7-5-4-6-8-11/h4-10,12H,1-3H3. The molecule has 1 heterocycles. The van der Waals surface area contributed by atoms with Crippen molar-refractivity contribution in [1.29, 1.82) is 0 Å². The number of carbonyl (C=O) groups is 1. The van der Waals surface area contributed by atoms with E-state index in [4.69, 9.17) is 0 Å². The highest BCUT2D eigenvalue weighted by atomic mass is 16.2. The topological polar surface area (TPSA) is 20.3 Å². The van der Waals surface area contributed by atoms with E-state index in [9.17, 15) is 4.79 Å². The Bertz CT molecular complexity index is 360. The van der Waals surface area contributed by atoms with Crippen LogP contribution in [0, 0.1) is 5.92 Å². The van der Waals surface area contributed by atoms with Crippen molar-refractivity contribution in [3.05, 3.63) is 35.9 Å². The lowest BCUT2D eigenvalue weighted by Crippen LogP contribution is -2.28. The van der Waals surface area contributed by atoms with E-state index in [0.29, 0.717) is 12.0 Å². The monoisotopic (exact) mass is 203 g/mol. The molecule has 2 rings (SSSR count). The fourth-order valence-electron chi connectivity index (χ4n) is 2.58. The van der Waals surface area contributed by atoms with Crippen LogP contribution in [-0.4, -0.2) is 23.9 Å². The lowest BCUT2D eigenvalue weighted by atomic mass is 9.86. The van der Waals surface area contributed by atoms with E-state index >= 15 is 0 Å². The van der Waals surface area contributed by atoms with Crippen molar-refractivity contribution in [3.8, 4) is 0 Å². The maximum absolute atomic E-state index is 11.8. The van der Waals surface area contributed by atoms with Gasteiger partial charge in [0.1, 0.15) is 0 Å². The van der Waals surface area contributed by atoms with Gasteiger partial charge in [0.2, 0.25) is 5.91 Å². The molecule has 0 saturated carbocycles. The number of hydrogen-bond acceptors (Lipinski definition) is 1. The highest BCUT2D eigenvalue weighted by Crippen LogP contribution is 2.37. The van der Waals surface area contributed by atoms with Crippen LogP contribution in [0.1, 0.15) is 25.3 Å². The molecule has 0 aliphatic carbocycles. The van der Waals surface area contributed by atoms with Gasteiger partial charge in [0, 0.05) is 24.9 Å². The zero-order valence-corrected chi connectivity index (χ0v) is 9.47. The van der Waals surface area contributed by atoms with Crippen molar-refractivity contribution >= 4 is 5.91 Å². The third-order valence-electron chi connectivity index (χ3n) is 3.59. The van der Waals surface area contributed by atoms with Crippen molar-refractivity contribution in [1.82, 2.24) is 4.90 Å². The van der Waals surface area contributed by atoms with Crippen molar-refractivity contribution in [2.45, 2.75) is 25.8 Å². The van der Waals surface area contributed by atoms with E-state index in [1.807, 2.05) is 37.1 Å². The Morgan fingerprint density at radius 1 is 1.13 bits per heavy atom. The Morgan fingerprint density at radius 2 is 1.73 bits per heavy atom. The average Bonchev–Trinajstić information content (AvgIpc) is 2.45. The molecule has 1 aliphatic heterocycles. The van der Waals surface area contributed by atoms with Crippen molar-refractivity contribution in [2.75, 3.05) is 7.05 Å². The number of nitrogens with zero attached hydrogens (tertiary/aromatic N) is 1. The van der Waals surface area contributed by atoms with E-state index in [2.05, 4.69) is 19.1 Å². The van der Waals surface area contributed by atoms with Gasteiger partial charge in [-0.25, -0.2) is 0 Å². The van der Waals surface area contributed by atoms with Crippen LogP contribution in [0.2, 0.25) is 0 Å². The van der Waals surface area contributed by atoms with Gasteiger partial charge in [-0.05, 0) is 12.5 Å². The summed E-state index contributed by atoms with van der Waals surface area (Å²) in [6.45, 7) is 4.15. The normalized spacial score (nSPS) is 31.0. The second kappa shape index (κ2) is 3.69. The second-order valence-corrected chi connectivity index (χ2v) is 4.41. The van der Waals surface area contributed by atoms with Crippen LogP contribution in [-0.2, 0) is 4.79 Å². The zero-order chi connectivity index (χ0) is 11.0. The van der Waals surface area contributed by atoms with Crippen molar-refractivity contribution in [3.63, 3.8) is 0 Å². The molecule has 2 heteroatoms. The lowest BCUT2D eigenvalue weighted by molar-refractivity contribution is -0.130.